The third-order valence-electron chi connectivity index (χ3n) is 2.75. The van der Waals surface area contributed by atoms with Gasteiger partial charge >= 0.3 is 0 Å². The minimum atomic E-state index is -0.126. The Hall–Kier alpha value is -1.48. The average Bonchev–Trinajstić information content (AvgIpc) is 2.81. The summed E-state index contributed by atoms with van der Waals surface area (Å²) in [6, 6.07) is 5.87. The van der Waals surface area contributed by atoms with Gasteiger partial charge in [0.25, 0.3) is 0 Å². The molecule has 1 amide bonds. The van der Waals surface area contributed by atoms with Gasteiger partial charge in [0.1, 0.15) is 6.54 Å². The van der Waals surface area contributed by atoms with Crippen LogP contribution in [-0.2, 0) is 17.8 Å². The number of aromatic nitrogens is 3. The summed E-state index contributed by atoms with van der Waals surface area (Å²) in [5, 5.41) is 10.7. The quantitative estimate of drug-likeness (QED) is 0.761. The first-order valence-corrected chi connectivity index (χ1v) is 7.31. The molecule has 0 aliphatic carbocycles. The van der Waals surface area contributed by atoms with Gasteiger partial charge in [-0.3, -0.25) is 4.79 Å². The summed E-state index contributed by atoms with van der Waals surface area (Å²) in [6.07, 6.45) is 2.41. The maximum atomic E-state index is 12.0. The van der Waals surface area contributed by atoms with E-state index < -0.39 is 0 Å². The third kappa shape index (κ3) is 4.01. The monoisotopic (exact) mass is 385 g/mol. The lowest BCUT2D eigenvalue weighted by molar-refractivity contribution is -0.116. The Bertz CT molecular complexity index is 611. The summed E-state index contributed by atoms with van der Waals surface area (Å²) in [5.41, 5.74) is 8.09. The highest BCUT2D eigenvalue weighted by Gasteiger charge is 2.08. The SMILES string of the molecule is Cc1cc(I)ccc1NC(=O)Cn1cc(CCN)nn1. The number of nitrogens with two attached hydrogens (primary N) is 1. The molecule has 0 aliphatic rings. The number of halogens is 1. The van der Waals surface area contributed by atoms with E-state index in [1.165, 1.54) is 4.68 Å². The number of hydrogen-bond acceptors (Lipinski definition) is 4. The lowest BCUT2D eigenvalue weighted by Gasteiger charge is -2.08. The summed E-state index contributed by atoms with van der Waals surface area (Å²) in [7, 11) is 0. The number of aryl methyl sites for hydroxylation is 1. The van der Waals surface area contributed by atoms with E-state index in [4.69, 9.17) is 5.73 Å². The van der Waals surface area contributed by atoms with E-state index in [-0.39, 0.29) is 12.5 Å². The van der Waals surface area contributed by atoms with E-state index in [0.29, 0.717) is 13.0 Å². The van der Waals surface area contributed by atoms with Gasteiger partial charge in [-0.25, -0.2) is 4.68 Å². The van der Waals surface area contributed by atoms with Crippen LogP contribution in [0.25, 0.3) is 0 Å². The number of benzene rings is 1. The van der Waals surface area contributed by atoms with Gasteiger partial charge in [-0.1, -0.05) is 5.21 Å². The molecule has 3 N–H and O–H groups in total. The predicted octanol–water partition coefficient (Wildman–Crippen LogP) is 1.33. The Morgan fingerprint density at radius 1 is 1.50 bits per heavy atom. The molecule has 0 aliphatic heterocycles. The van der Waals surface area contributed by atoms with Crippen molar-refractivity contribution in [3.05, 3.63) is 39.2 Å². The lowest BCUT2D eigenvalue weighted by atomic mass is 10.2. The van der Waals surface area contributed by atoms with Gasteiger partial charge in [0.15, 0.2) is 0 Å². The van der Waals surface area contributed by atoms with Crippen LogP contribution in [0.2, 0.25) is 0 Å². The molecule has 0 atom stereocenters. The van der Waals surface area contributed by atoms with Crippen LogP contribution in [0.1, 0.15) is 11.3 Å². The molecule has 0 saturated heterocycles. The van der Waals surface area contributed by atoms with Crippen molar-refractivity contribution in [1.82, 2.24) is 15.0 Å². The van der Waals surface area contributed by atoms with Crippen molar-refractivity contribution >= 4 is 34.2 Å². The second kappa shape index (κ2) is 6.80. The first-order chi connectivity index (χ1) is 9.58. The van der Waals surface area contributed by atoms with Crippen LogP contribution in [0.15, 0.2) is 24.4 Å². The summed E-state index contributed by atoms with van der Waals surface area (Å²) < 4.78 is 2.66. The highest BCUT2D eigenvalue weighted by Crippen LogP contribution is 2.17. The minimum absolute atomic E-state index is 0.126. The molecule has 2 rings (SSSR count). The van der Waals surface area contributed by atoms with Crippen molar-refractivity contribution < 1.29 is 4.79 Å². The van der Waals surface area contributed by atoms with E-state index in [1.54, 1.807) is 6.20 Å². The number of carbonyl (C=O) groups is 1. The maximum Gasteiger partial charge on any atom is 0.246 e. The summed E-state index contributed by atoms with van der Waals surface area (Å²) in [6.45, 7) is 2.63. The van der Waals surface area contributed by atoms with Crippen molar-refractivity contribution in [3.63, 3.8) is 0 Å². The molecule has 7 heteroatoms. The minimum Gasteiger partial charge on any atom is -0.330 e. The smallest absolute Gasteiger partial charge is 0.246 e. The molecular weight excluding hydrogens is 369 g/mol. The summed E-state index contributed by atoms with van der Waals surface area (Å²) >= 11 is 2.24. The molecular formula is C13H16IN5O. The maximum absolute atomic E-state index is 12.0. The molecule has 0 bridgehead atoms. The van der Waals surface area contributed by atoms with Gasteiger partial charge in [0.05, 0.1) is 5.69 Å². The van der Waals surface area contributed by atoms with Crippen molar-refractivity contribution in [2.45, 2.75) is 19.9 Å². The van der Waals surface area contributed by atoms with Crippen LogP contribution in [-0.4, -0.2) is 27.4 Å². The molecule has 6 nitrogen and oxygen atoms in total. The second-order valence-corrected chi connectivity index (χ2v) is 5.70. The number of nitrogens with zero attached hydrogens (tertiary/aromatic N) is 3. The highest BCUT2D eigenvalue weighted by atomic mass is 127. The van der Waals surface area contributed by atoms with Crippen LogP contribution in [0, 0.1) is 10.5 Å². The second-order valence-electron chi connectivity index (χ2n) is 4.45. The lowest BCUT2D eigenvalue weighted by Crippen LogP contribution is -2.19. The van der Waals surface area contributed by atoms with E-state index in [1.807, 2.05) is 25.1 Å². The number of anilines is 1. The zero-order valence-corrected chi connectivity index (χ0v) is 13.3. The first kappa shape index (κ1) is 14.9. The van der Waals surface area contributed by atoms with Crippen LogP contribution >= 0.6 is 22.6 Å². The molecule has 1 aromatic carbocycles. The van der Waals surface area contributed by atoms with E-state index in [0.717, 1.165) is 20.5 Å². The number of nitrogens with one attached hydrogen (secondary N) is 1. The Labute approximate surface area is 130 Å². The molecule has 1 heterocycles. The zero-order valence-electron chi connectivity index (χ0n) is 11.1. The molecule has 0 fully saturated rings. The topological polar surface area (TPSA) is 85.8 Å². The Morgan fingerprint density at radius 3 is 3.00 bits per heavy atom. The van der Waals surface area contributed by atoms with Gasteiger partial charge in [0.2, 0.25) is 5.91 Å². The average molecular weight is 385 g/mol. The first-order valence-electron chi connectivity index (χ1n) is 6.23. The van der Waals surface area contributed by atoms with Crippen LogP contribution < -0.4 is 11.1 Å². The number of carbonyl (C=O) groups excluding carboxylic acids is 1. The fraction of sp³-hybridized carbons (Fsp3) is 0.308. The standard InChI is InChI=1S/C13H16IN5O/c1-9-6-10(14)2-3-12(9)16-13(20)8-19-7-11(4-5-15)17-18-19/h2-3,6-7H,4-5,8,15H2,1H3,(H,16,20). The van der Waals surface area contributed by atoms with Gasteiger partial charge in [-0.05, 0) is 59.8 Å². The zero-order chi connectivity index (χ0) is 14.5. The number of amides is 1. The molecule has 20 heavy (non-hydrogen) atoms. The molecule has 0 saturated carbocycles. The van der Waals surface area contributed by atoms with Crippen molar-refractivity contribution in [3.8, 4) is 0 Å². The Kier molecular flexibility index (Phi) is 5.07. The van der Waals surface area contributed by atoms with Crippen LogP contribution in [0.3, 0.4) is 0 Å². The molecule has 0 radical (unpaired) electrons. The molecule has 2 aromatic rings. The van der Waals surface area contributed by atoms with Gasteiger partial charge in [-0.15, -0.1) is 5.10 Å². The molecule has 0 spiro atoms. The fourth-order valence-electron chi connectivity index (χ4n) is 1.78. The Balaban J connectivity index is 1.97. The van der Waals surface area contributed by atoms with Crippen LogP contribution in [0.4, 0.5) is 5.69 Å². The van der Waals surface area contributed by atoms with Crippen molar-refractivity contribution in [2.75, 3.05) is 11.9 Å². The van der Waals surface area contributed by atoms with E-state index in [2.05, 4.69) is 38.2 Å². The number of hydrogen-bond donors (Lipinski definition) is 2. The largest absolute Gasteiger partial charge is 0.330 e. The van der Waals surface area contributed by atoms with E-state index >= 15 is 0 Å². The molecule has 0 unspecified atom stereocenters. The molecule has 1 aromatic heterocycles. The number of rotatable bonds is 5. The van der Waals surface area contributed by atoms with Crippen molar-refractivity contribution in [2.24, 2.45) is 5.73 Å². The van der Waals surface area contributed by atoms with Crippen LogP contribution in [0.5, 0.6) is 0 Å². The van der Waals surface area contributed by atoms with Crippen molar-refractivity contribution in [1.29, 1.82) is 0 Å². The Morgan fingerprint density at radius 2 is 2.30 bits per heavy atom. The van der Waals surface area contributed by atoms with Gasteiger partial charge in [0, 0.05) is 21.9 Å². The van der Waals surface area contributed by atoms with Gasteiger partial charge < -0.3 is 11.1 Å². The summed E-state index contributed by atoms with van der Waals surface area (Å²) in [5.74, 6) is -0.126. The highest BCUT2D eigenvalue weighted by molar-refractivity contribution is 14.1. The third-order valence-corrected chi connectivity index (χ3v) is 3.43. The van der Waals surface area contributed by atoms with E-state index in [9.17, 15) is 4.79 Å². The normalized spacial score (nSPS) is 10.6. The molecule has 106 valence electrons. The predicted molar refractivity (Wildman–Crippen MR) is 85.3 cm³/mol. The summed E-state index contributed by atoms with van der Waals surface area (Å²) in [4.78, 5) is 12.0. The fourth-order valence-corrected chi connectivity index (χ4v) is 2.43. The van der Waals surface area contributed by atoms with Gasteiger partial charge in [-0.2, -0.15) is 0 Å².